The Hall–Kier alpha value is -1.92. The van der Waals surface area contributed by atoms with Crippen molar-refractivity contribution in [1.82, 2.24) is 9.88 Å². The molecule has 1 aromatic heterocycles. The van der Waals surface area contributed by atoms with Gasteiger partial charge in [-0.15, -0.1) is 11.3 Å². The molecule has 5 nitrogen and oxygen atoms in total. The minimum Gasteiger partial charge on any atom is -0.476 e. The normalized spacial score (nSPS) is 16.1. The largest absolute Gasteiger partial charge is 0.476 e. The number of para-hydroxylation sites is 1. The van der Waals surface area contributed by atoms with Gasteiger partial charge in [-0.25, -0.2) is 9.78 Å². The minimum atomic E-state index is -0.952. The van der Waals surface area contributed by atoms with Crippen molar-refractivity contribution in [1.29, 1.82) is 0 Å². The summed E-state index contributed by atoms with van der Waals surface area (Å²) >= 11 is 1.42. The molecule has 1 aromatic carbocycles. The second kappa shape index (κ2) is 6.24. The van der Waals surface area contributed by atoms with Gasteiger partial charge in [0.2, 0.25) is 0 Å². The number of aromatic carboxylic acids is 1. The number of hydrogen-bond acceptors (Lipinski definition) is 5. The van der Waals surface area contributed by atoms with E-state index in [1.165, 1.54) is 17.0 Å². The molecule has 1 saturated heterocycles. The van der Waals surface area contributed by atoms with Crippen LogP contribution in [0.2, 0.25) is 0 Å². The summed E-state index contributed by atoms with van der Waals surface area (Å²) in [7, 11) is 0. The first kappa shape index (κ1) is 14.0. The molecule has 1 aliphatic heterocycles. The Bertz CT molecular complexity index is 606. The van der Waals surface area contributed by atoms with Gasteiger partial charge in [0.05, 0.1) is 6.54 Å². The molecule has 0 unspecified atom stereocenters. The van der Waals surface area contributed by atoms with Crippen molar-refractivity contribution in [2.75, 3.05) is 31.1 Å². The maximum Gasteiger partial charge on any atom is 0.355 e. The number of rotatable bonds is 4. The molecule has 0 atom stereocenters. The fraction of sp³-hybridized carbons (Fsp3) is 0.333. The molecule has 21 heavy (non-hydrogen) atoms. The molecule has 0 radical (unpaired) electrons. The van der Waals surface area contributed by atoms with Gasteiger partial charge in [0.25, 0.3) is 0 Å². The smallest absolute Gasteiger partial charge is 0.355 e. The molecular weight excluding hydrogens is 286 g/mol. The van der Waals surface area contributed by atoms with Crippen molar-refractivity contribution in [2.45, 2.75) is 6.54 Å². The van der Waals surface area contributed by atoms with E-state index in [9.17, 15) is 4.79 Å². The van der Waals surface area contributed by atoms with Crippen LogP contribution in [0.25, 0.3) is 0 Å². The summed E-state index contributed by atoms with van der Waals surface area (Å²) in [6.07, 6.45) is 0. The van der Waals surface area contributed by atoms with Crippen LogP contribution in [0.3, 0.4) is 0 Å². The van der Waals surface area contributed by atoms with Gasteiger partial charge in [-0.3, -0.25) is 4.90 Å². The zero-order valence-electron chi connectivity index (χ0n) is 11.6. The molecule has 0 saturated carbocycles. The van der Waals surface area contributed by atoms with Gasteiger partial charge in [0.1, 0.15) is 5.01 Å². The van der Waals surface area contributed by atoms with E-state index >= 15 is 0 Å². The molecule has 6 heteroatoms. The summed E-state index contributed by atoms with van der Waals surface area (Å²) in [5, 5.41) is 11.4. The first-order valence-electron chi connectivity index (χ1n) is 6.92. The van der Waals surface area contributed by atoms with Crippen LogP contribution in [0, 0.1) is 0 Å². The van der Waals surface area contributed by atoms with E-state index in [4.69, 9.17) is 5.11 Å². The lowest BCUT2D eigenvalue weighted by atomic mass is 10.2. The average Bonchev–Trinajstić information content (AvgIpc) is 2.98. The Morgan fingerprint density at radius 2 is 1.90 bits per heavy atom. The fourth-order valence-corrected chi connectivity index (χ4v) is 3.29. The summed E-state index contributed by atoms with van der Waals surface area (Å²) in [4.78, 5) is 19.7. The number of carboxylic acid groups (broad SMARTS) is 1. The van der Waals surface area contributed by atoms with E-state index in [1.807, 2.05) is 6.07 Å². The molecule has 0 aliphatic carbocycles. The standard InChI is InChI=1S/C15H17N3O2S/c19-15(20)13-11-21-14(16-13)10-17-6-8-18(9-7-17)12-4-2-1-3-5-12/h1-5,11H,6-10H2,(H,19,20). The summed E-state index contributed by atoms with van der Waals surface area (Å²) < 4.78 is 0. The second-order valence-electron chi connectivity index (χ2n) is 5.03. The number of piperazine rings is 1. The predicted octanol–water partition coefficient (Wildman–Crippen LogP) is 2.16. The van der Waals surface area contributed by atoms with Crippen molar-refractivity contribution < 1.29 is 9.90 Å². The molecule has 110 valence electrons. The molecule has 2 aromatic rings. The van der Waals surface area contributed by atoms with Crippen LogP contribution < -0.4 is 4.90 Å². The van der Waals surface area contributed by atoms with E-state index in [1.54, 1.807) is 5.38 Å². The Morgan fingerprint density at radius 1 is 1.19 bits per heavy atom. The van der Waals surface area contributed by atoms with Gasteiger partial charge in [0, 0.05) is 37.2 Å². The highest BCUT2D eigenvalue weighted by atomic mass is 32.1. The number of anilines is 1. The number of thiazole rings is 1. The maximum absolute atomic E-state index is 10.8. The molecule has 2 heterocycles. The number of carbonyl (C=O) groups is 1. The summed E-state index contributed by atoms with van der Waals surface area (Å²) in [5.74, 6) is -0.952. The molecule has 0 spiro atoms. The predicted molar refractivity (Wildman–Crippen MR) is 83.0 cm³/mol. The SMILES string of the molecule is O=C(O)c1csc(CN2CCN(c3ccccc3)CC2)n1. The molecule has 1 N–H and O–H groups in total. The zero-order chi connectivity index (χ0) is 14.7. The monoisotopic (exact) mass is 303 g/mol. The second-order valence-corrected chi connectivity index (χ2v) is 5.97. The molecule has 0 amide bonds. The van der Waals surface area contributed by atoms with Gasteiger partial charge in [-0.1, -0.05) is 18.2 Å². The molecule has 3 rings (SSSR count). The van der Waals surface area contributed by atoms with Crippen molar-refractivity contribution in [3.63, 3.8) is 0 Å². The molecule has 1 fully saturated rings. The van der Waals surface area contributed by atoms with Crippen LogP contribution in [0.5, 0.6) is 0 Å². The van der Waals surface area contributed by atoms with Gasteiger partial charge >= 0.3 is 5.97 Å². The number of hydrogen-bond donors (Lipinski definition) is 1. The zero-order valence-corrected chi connectivity index (χ0v) is 12.4. The number of nitrogens with zero attached hydrogens (tertiary/aromatic N) is 3. The van der Waals surface area contributed by atoms with Gasteiger partial charge in [-0.05, 0) is 12.1 Å². The average molecular weight is 303 g/mol. The molecule has 1 aliphatic rings. The molecule has 0 bridgehead atoms. The van der Waals surface area contributed by atoms with Crippen molar-refractivity contribution in [3.05, 3.63) is 46.4 Å². The Morgan fingerprint density at radius 3 is 2.52 bits per heavy atom. The summed E-state index contributed by atoms with van der Waals surface area (Å²) in [5.41, 5.74) is 1.41. The van der Waals surface area contributed by atoms with Gasteiger partial charge in [0.15, 0.2) is 5.69 Å². The van der Waals surface area contributed by atoms with Gasteiger partial charge < -0.3 is 10.0 Å². The van der Waals surface area contributed by atoms with E-state index in [-0.39, 0.29) is 5.69 Å². The van der Waals surface area contributed by atoms with Crippen LogP contribution in [0.1, 0.15) is 15.5 Å². The van der Waals surface area contributed by atoms with Crippen molar-refractivity contribution in [3.8, 4) is 0 Å². The fourth-order valence-electron chi connectivity index (χ4n) is 2.48. The lowest BCUT2D eigenvalue weighted by molar-refractivity contribution is 0.0691. The van der Waals surface area contributed by atoms with Crippen LogP contribution >= 0.6 is 11.3 Å². The van der Waals surface area contributed by atoms with Crippen molar-refractivity contribution >= 4 is 23.0 Å². The Kier molecular flexibility index (Phi) is 4.17. The Balaban J connectivity index is 1.55. The highest BCUT2D eigenvalue weighted by Gasteiger charge is 2.18. The van der Waals surface area contributed by atoms with E-state index in [0.29, 0.717) is 0 Å². The number of aromatic nitrogens is 1. The van der Waals surface area contributed by atoms with Crippen LogP contribution in [-0.4, -0.2) is 47.1 Å². The third-order valence-electron chi connectivity index (χ3n) is 3.62. The highest BCUT2D eigenvalue weighted by Crippen LogP contribution is 2.18. The third kappa shape index (κ3) is 3.40. The maximum atomic E-state index is 10.8. The van der Waals surface area contributed by atoms with Gasteiger partial charge in [-0.2, -0.15) is 0 Å². The van der Waals surface area contributed by atoms with Crippen molar-refractivity contribution in [2.24, 2.45) is 0 Å². The Labute approximate surface area is 127 Å². The first-order valence-corrected chi connectivity index (χ1v) is 7.80. The number of benzene rings is 1. The van der Waals surface area contributed by atoms with E-state index < -0.39 is 5.97 Å². The third-order valence-corrected chi connectivity index (χ3v) is 4.46. The lowest BCUT2D eigenvalue weighted by Gasteiger charge is -2.35. The quantitative estimate of drug-likeness (QED) is 0.938. The van der Waals surface area contributed by atoms with E-state index in [0.717, 1.165) is 37.7 Å². The lowest BCUT2D eigenvalue weighted by Crippen LogP contribution is -2.45. The highest BCUT2D eigenvalue weighted by molar-refractivity contribution is 7.09. The first-order chi connectivity index (χ1) is 10.2. The topological polar surface area (TPSA) is 56.7 Å². The molecular formula is C15H17N3O2S. The van der Waals surface area contributed by atoms with Crippen LogP contribution in [0.4, 0.5) is 5.69 Å². The minimum absolute atomic E-state index is 0.151. The summed E-state index contributed by atoms with van der Waals surface area (Å²) in [6.45, 7) is 4.65. The number of carboxylic acids is 1. The van der Waals surface area contributed by atoms with Crippen LogP contribution in [0.15, 0.2) is 35.7 Å². The van der Waals surface area contributed by atoms with E-state index in [2.05, 4.69) is 39.0 Å². The van der Waals surface area contributed by atoms with Crippen LogP contribution in [-0.2, 0) is 6.54 Å². The summed E-state index contributed by atoms with van der Waals surface area (Å²) in [6, 6.07) is 10.4.